The van der Waals surface area contributed by atoms with Gasteiger partial charge >= 0.3 is 5.69 Å². The van der Waals surface area contributed by atoms with Gasteiger partial charge in [-0.2, -0.15) is 4.98 Å². The first kappa shape index (κ1) is 18.2. The Morgan fingerprint density at radius 2 is 1.83 bits per heavy atom. The number of H-pyrrole nitrogens is 1. The van der Waals surface area contributed by atoms with E-state index in [1.165, 1.54) is 18.3 Å². The number of anilines is 1. The Hall–Kier alpha value is -4.14. The minimum absolute atomic E-state index is 0.145. The topological polar surface area (TPSA) is 133 Å². The number of benzene rings is 2. The van der Waals surface area contributed by atoms with Gasteiger partial charge in [0.15, 0.2) is 17.1 Å². The largest absolute Gasteiger partial charge is 0.504 e. The van der Waals surface area contributed by atoms with Crippen molar-refractivity contribution in [3.63, 3.8) is 0 Å². The molecule has 2 heterocycles. The summed E-state index contributed by atoms with van der Waals surface area (Å²) in [7, 11) is 0. The molecule has 0 aliphatic rings. The summed E-state index contributed by atoms with van der Waals surface area (Å²) in [4.78, 5) is 36.1. The molecule has 4 N–H and O–H groups in total. The van der Waals surface area contributed by atoms with Crippen LogP contribution in [0.2, 0.25) is 0 Å². The van der Waals surface area contributed by atoms with Gasteiger partial charge in [0, 0.05) is 12.7 Å². The van der Waals surface area contributed by atoms with Crippen molar-refractivity contribution in [1.82, 2.24) is 19.5 Å². The average molecular weight is 391 g/mol. The van der Waals surface area contributed by atoms with Crippen LogP contribution < -0.4 is 16.6 Å². The molecule has 4 rings (SSSR count). The van der Waals surface area contributed by atoms with E-state index < -0.39 is 11.2 Å². The van der Waals surface area contributed by atoms with Gasteiger partial charge in [-0.15, -0.1) is 0 Å². The van der Waals surface area contributed by atoms with Crippen LogP contribution in [-0.2, 0) is 6.42 Å². The smallest absolute Gasteiger partial charge is 0.334 e. The van der Waals surface area contributed by atoms with E-state index in [4.69, 9.17) is 0 Å². The van der Waals surface area contributed by atoms with E-state index in [2.05, 4.69) is 20.3 Å². The third-order valence-electron chi connectivity index (χ3n) is 4.40. The molecule has 0 fully saturated rings. The molecule has 4 aromatic rings. The fourth-order valence-electron chi connectivity index (χ4n) is 2.94. The van der Waals surface area contributed by atoms with Crippen molar-refractivity contribution in [2.24, 2.45) is 0 Å². The second-order valence-electron chi connectivity index (χ2n) is 6.36. The number of para-hydroxylation sites is 1. The monoisotopic (exact) mass is 391 g/mol. The highest BCUT2D eigenvalue weighted by Gasteiger charge is 2.11. The maximum atomic E-state index is 12.7. The predicted molar refractivity (Wildman–Crippen MR) is 108 cm³/mol. The van der Waals surface area contributed by atoms with E-state index >= 15 is 0 Å². The summed E-state index contributed by atoms with van der Waals surface area (Å²) in [6.07, 6.45) is 1.91. The van der Waals surface area contributed by atoms with Gasteiger partial charge in [0.05, 0.1) is 5.69 Å². The molecule has 0 saturated heterocycles. The normalized spacial score (nSPS) is 10.9. The quantitative estimate of drug-likeness (QED) is 0.379. The summed E-state index contributed by atoms with van der Waals surface area (Å²) in [6.45, 7) is 0.445. The van der Waals surface area contributed by atoms with Gasteiger partial charge in [-0.3, -0.25) is 9.78 Å². The molecule has 0 bridgehead atoms. The lowest BCUT2D eigenvalue weighted by molar-refractivity contribution is 0.403. The number of aromatic hydroxyl groups is 2. The number of nitrogens with zero attached hydrogens (tertiary/aromatic N) is 3. The summed E-state index contributed by atoms with van der Waals surface area (Å²) in [6, 6.07) is 13.2. The maximum absolute atomic E-state index is 12.7. The van der Waals surface area contributed by atoms with E-state index in [0.29, 0.717) is 18.7 Å². The first-order chi connectivity index (χ1) is 14.0. The lowest BCUT2D eigenvalue weighted by Gasteiger charge is -2.08. The molecule has 0 radical (unpaired) electrons. The maximum Gasteiger partial charge on any atom is 0.334 e. The molecule has 0 saturated carbocycles. The first-order valence-corrected chi connectivity index (χ1v) is 8.85. The molecule has 2 aromatic heterocycles. The van der Waals surface area contributed by atoms with Crippen molar-refractivity contribution in [2.45, 2.75) is 6.42 Å². The van der Waals surface area contributed by atoms with Crippen molar-refractivity contribution >= 4 is 17.0 Å². The molecule has 0 amide bonds. The standard InChI is InChI=1S/C20H17N5O4/c26-15-7-6-12(10-16(15)27)8-9-21-19-22-11-14-17(23-19)24-20(29)25(18(14)28)13-4-2-1-3-5-13/h1-7,10-11,26-27H,8-9H2,(H2,21,22,23,24,29). The minimum atomic E-state index is -0.585. The molecule has 0 aliphatic carbocycles. The zero-order valence-electron chi connectivity index (χ0n) is 15.2. The first-order valence-electron chi connectivity index (χ1n) is 8.85. The molecule has 146 valence electrons. The highest BCUT2D eigenvalue weighted by Crippen LogP contribution is 2.24. The summed E-state index contributed by atoms with van der Waals surface area (Å²) in [5.41, 5.74) is 0.332. The van der Waals surface area contributed by atoms with E-state index in [0.717, 1.165) is 10.1 Å². The lowest BCUT2D eigenvalue weighted by atomic mass is 10.1. The summed E-state index contributed by atoms with van der Waals surface area (Å²) < 4.78 is 1.04. The van der Waals surface area contributed by atoms with Gasteiger partial charge in [-0.25, -0.2) is 14.3 Å². The predicted octanol–water partition coefficient (Wildman–Crippen LogP) is 1.53. The Bertz CT molecular complexity index is 1300. The molecular weight excluding hydrogens is 374 g/mol. The number of hydrogen-bond donors (Lipinski definition) is 4. The summed E-state index contributed by atoms with van der Waals surface area (Å²) >= 11 is 0. The van der Waals surface area contributed by atoms with E-state index in [-0.39, 0.29) is 28.5 Å². The number of rotatable bonds is 5. The summed E-state index contributed by atoms with van der Waals surface area (Å²) in [5.74, 6) is -0.102. The van der Waals surface area contributed by atoms with Crippen molar-refractivity contribution in [3.8, 4) is 17.2 Å². The van der Waals surface area contributed by atoms with Crippen LogP contribution in [0.1, 0.15) is 5.56 Å². The highest BCUT2D eigenvalue weighted by atomic mass is 16.3. The molecule has 0 unspecified atom stereocenters. The van der Waals surface area contributed by atoms with Gasteiger partial charge in [0.1, 0.15) is 5.39 Å². The highest BCUT2D eigenvalue weighted by molar-refractivity contribution is 5.73. The van der Waals surface area contributed by atoms with Crippen molar-refractivity contribution in [3.05, 3.63) is 81.1 Å². The molecule has 0 aliphatic heterocycles. The third kappa shape index (κ3) is 3.65. The number of phenols is 2. The van der Waals surface area contributed by atoms with Gasteiger partial charge in [0.2, 0.25) is 5.95 Å². The fraction of sp³-hybridized carbons (Fsp3) is 0.100. The van der Waals surface area contributed by atoms with Crippen LogP contribution in [0.25, 0.3) is 16.7 Å². The second kappa shape index (κ2) is 7.47. The number of phenolic OH excluding ortho intramolecular Hbond substituents is 2. The lowest BCUT2D eigenvalue weighted by Crippen LogP contribution is -2.34. The van der Waals surface area contributed by atoms with Gasteiger partial charge in [-0.05, 0) is 36.2 Å². The molecule has 9 heteroatoms. The van der Waals surface area contributed by atoms with Crippen LogP contribution in [-0.4, -0.2) is 36.3 Å². The molecule has 0 atom stereocenters. The zero-order chi connectivity index (χ0) is 20.4. The number of nitrogens with one attached hydrogen (secondary N) is 2. The average Bonchev–Trinajstić information content (AvgIpc) is 2.71. The van der Waals surface area contributed by atoms with Crippen LogP contribution in [0.4, 0.5) is 5.95 Å². The van der Waals surface area contributed by atoms with Gasteiger partial charge < -0.3 is 15.5 Å². The second-order valence-corrected chi connectivity index (χ2v) is 6.36. The zero-order valence-corrected chi connectivity index (χ0v) is 15.2. The van der Waals surface area contributed by atoms with Gasteiger partial charge in [-0.1, -0.05) is 24.3 Å². The van der Waals surface area contributed by atoms with Gasteiger partial charge in [0.25, 0.3) is 5.56 Å². The Morgan fingerprint density at radius 3 is 2.59 bits per heavy atom. The SMILES string of the molecule is O=c1[nH]c2nc(NCCc3ccc(O)c(O)c3)ncc2c(=O)n1-c1ccccc1. The molecule has 0 spiro atoms. The fourth-order valence-corrected chi connectivity index (χ4v) is 2.94. The third-order valence-corrected chi connectivity index (χ3v) is 4.40. The van der Waals surface area contributed by atoms with Crippen LogP contribution in [0.5, 0.6) is 11.5 Å². The minimum Gasteiger partial charge on any atom is -0.504 e. The molecule has 9 nitrogen and oxygen atoms in total. The molecule has 29 heavy (non-hydrogen) atoms. The van der Waals surface area contributed by atoms with E-state index in [9.17, 15) is 19.8 Å². The Kier molecular flexibility index (Phi) is 4.70. The van der Waals surface area contributed by atoms with Crippen molar-refractivity contribution in [1.29, 1.82) is 0 Å². The number of aromatic nitrogens is 4. The Balaban J connectivity index is 1.57. The number of fused-ring (bicyclic) bond motifs is 1. The summed E-state index contributed by atoms with van der Waals surface area (Å²) in [5, 5.41) is 22.1. The van der Waals surface area contributed by atoms with Crippen LogP contribution >= 0.6 is 0 Å². The number of aromatic amines is 1. The Morgan fingerprint density at radius 1 is 1.03 bits per heavy atom. The van der Waals surface area contributed by atoms with Crippen LogP contribution in [0.3, 0.4) is 0 Å². The number of hydrogen-bond acceptors (Lipinski definition) is 7. The van der Waals surface area contributed by atoms with Crippen LogP contribution in [0.15, 0.2) is 64.3 Å². The Labute approximate surface area is 164 Å². The molecular formula is C20H17N5O4. The van der Waals surface area contributed by atoms with Crippen LogP contribution in [0, 0.1) is 0 Å². The molecule has 2 aromatic carbocycles. The van der Waals surface area contributed by atoms with E-state index in [1.54, 1.807) is 36.4 Å². The van der Waals surface area contributed by atoms with E-state index in [1.807, 2.05) is 0 Å². The van der Waals surface area contributed by atoms with Crippen molar-refractivity contribution in [2.75, 3.05) is 11.9 Å². The van der Waals surface area contributed by atoms with Crippen molar-refractivity contribution < 1.29 is 10.2 Å².